The smallest absolute Gasteiger partial charge is 0.00643 e. The van der Waals surface area contributed by atoms with Crippen molar-refractivity contribution in [2.45, 2.75) is 58.3 Å². The Morgan fingerprint density at radius 3 is 2.65 bits per heavy atom. The van der Waals surface area contributed by atoms with E-state index in [0.29, 0.717) is 0 Å². The maximum Gasteiger partial charge on any atom is -0.00643 e. The molecule has 0 fully saturated rings. The fourth-order valence-electron chi connectivity index (χ4n) is 2.65. The second kappa shape index (κ2) is 6.64. The van der Waals surface area contributed by atoms with Gasteiger partial charge in [0.05, 0.1) is 0 Å². The summed E-state index contributed by atoms with van der Waals surface area (Å²) in [7, 11) is 0. The van der Waals surface area contributed by atoms with Crippen molar-refractivity contribution in [3.8, 4) is 0 Å². The van der Waals surface area contributed by atoms with Gasteiger partial charge in [0.25, 0.3) is 0 Å². The molecule has 0 aromatic heterocycles. The summed E-state index contributed by atoms with van der Waals surface area (Å²) in [5, 5.41) is 0. The average Bonchev–Trinajstić information content (AvgIpc) is 2.38. The van der Waals surface area contributed by atoms with Gasteiger partial charge in [-0.15, -0.1) is 0 Å². The molecule has 0 saturated heterocycles. The lowest BCUT2D eigenvalue weighted by atomic mass is 9.87. The molecule has 1 aromatic rings. The molecule has 92 valence electrons. The van der Waals surface area contributed by atoms with Gasteiger partial charge in [-0.3, -0.25) is 0 Å². The van der Waals surface area contributed by atoms with Gasteiger partial charge >= 0.3 is 0 Å². The lowest BCUT2D eigenvalue weighted by molar-refractivity contribution is 0.670. The summed E-state index contributed by atoms with van der Waals surface area (Å²) in [4.78, 5) is 0. The number of allylic oxidation sites excluding steroid dienone is 2. The summed E-state index contributed by atoms with van der Waals surface area (Å²) in [6.45, 7) is 2.27. The Kier molecular flexibility index (Phi) is 4.85. The van der Waals surface area contributed by atoms with Crippen molar-refractivity contribution in [3.05, 3.63) is 47.0 Å². The lowest BCUT2D eigenvalue weighted by Crippen LogP contribution is -2.05. The van der Waals surface area contributed by atoms with Gasteiger partial charge in [-0.2, -0.15) is 0 Å². The van der Waals surface area contributed by atoms with E-state index in [0.717, 1.165) is 0 Å². The Morgan fingerprint density at radius 2 is 1.82 bits per heavy atom. The van der Waals surface area contributed by atoms with Gasteiger partial charge in [0.15, 0.2) is 0 Å². The van der Waals surface area contributed by atoms with Gasteiger partial charge in [-0.05, 0) is 43.2 Å². The van der Waals surface area contributed by atoms with Crippen molar-refractivity contribution in [2.24, 2.45) is 0 Å². The third-order valence-corrected chi connectivity index (χ3v) is 3.74. The predicted octanol–water partition coefficient (Wildman–Crippen LogP) is 5.07. The third kappa shape index (κ3) is 3.73. The summed E-state index contributed by atoms with van der Waals surface area (Å²) in [5.41, 5.74) is 4.79. The quantitative estimate of drug-likeness (QED) is 0.487. The van der Waals surface area contributed by atoms with Crippen molar-refractivity contribution >= 4 is 0 Å². The van der Waals surface area contributed by atoms with Crippen LogP contribution in [-0.4, -0.2) is 0 Å². The molecule has 1 aromatic carbocycles. The molecule has 0 unspecified atom stereocenters. The van der Waals surface area contributed by atoms with E-state index in [-0.39, 0.29) is 0 Å². The Morgan fingerprint density at radius 1 is 1.00 bits per heavy atom. The first kappa shape index (κ1) is 12.4. The van der Waals surface area contributed by atoms with Crippen LogP contribution >= 0.6 is 0 Å². The molecule has 0 amide bonds. The van der Waals surface area contributed by atoms with Crippen LogP contribution in [0.5, 0.6) is 0 Å². The maximum absolute atomic E-state index is 2.51. The van der Waals surface area contributed by atoms with Gasteiger partial charge in [-0.25, -0.2) is 0 Å². The van der Waals surface area contributed by atoms with Crippen LogP contribution in [0.2, 0.25) is 0 Å². The molecular formula is C17H24. The highest BCUT2D eigenvalue weighted by Crippen LogP contribution is 2.25. The second-order valence-electron chi connectivity index (χ2n) is 5.16. The topological polar surface area (TPSA) is 0 Å². The van der Waals surface area contributed by atoms with Crippen LogP contribution in [0.15, 0.2) is 35.9 Å². The molecule has 0 bridgehead atoms. The van der Waals surface area contributed by atoms with E-state index >= 15 is 0 Å². The lowest BCUT2D eigenvalue weighted by Gasteiger charge is -2.18. The normalized spacial score (nSPS) is 17.1. The molecule has 0 radical (unpaired) electrons. The number of hydrogen-bond donors (Lipinski definition) is 0. The van der Waals surface area contributed by atoms with Crippen LogP contribution in [0.25, 0.3) is 0 Å². The first-order valence-corrected chi connectivity index (χ1v) is 7.15. The Bertz CT molecular complexity index is 373. The first-order valence-electron chi connectivity index (χ1n) is 7.15. The molecule has 0 N–H and O–H groups in total. The molecule has 2 rings (SSSR count). The predicted molar refractivity (Wildman–Crippen MR) is 75.3 cm³/mol. The highest BCUT2D eigenvalue weighted by molar-refractivity contribution is 5.35. The molecule has 1 aliphatic rings. The van der Waals surface area contributed by atoms with E-state index in [4.69, 9.17) is 0 Å². The molecule has 0 aliphatic heterocycles. The van der Waals surface area contributed by atoms with Crippen LogP contribution in [-0.2, 0) is 12.8 Å². The minimum absolute atomic E-state index is 1.20. The SMILES string of the molecule is CCCCCC/C=C1/CCc2ccccc2C1. The van der Waals surface area contributed by atoms with E-state index in [1.807, 2.05) is 0 Å². The van der Waals surface area contributed by atoms with E-state index in [1.54, 1.807) is 16.7 Å². The fourth-order valence-corrected chi connectivity index (χ4v) is 2.65. The average molecular weight is 228 g/mol. The van der Waals surface area contributed by atoms with E-state index in [9.17, 15) is 0 Å². The van der Waals surface area contributed by atoms with E-state index < -0.39 is 0 Å². The second-order valence-corrected chi connectivity index (χ2v) is 5.16. The van der Waals surface area contributed by atoms with Gasteiger partial charge in [0.1, 0.15) is 0 Å². The zero-order chi connectivity index (χ0) is 11.9. The minimum atomic E-state index is 1.20. The molecule has 0 atom stereocenters. The molecule has 1 aliphatic carbocycles. The van der Waals surface area contributed by atoms with Crippen molar-refractivity contribution in [2.75, 3.05) is 0 Å². The van der Waals surface area contributed by atoms with Crippen molar-refractivity contribution in [3.63, 3.8) is 0 Å². The first-order chi connectivity index (χ1) is 8.40. The summed E-state index contributed by atoms with van der Waals surface area (Å²) >= 11 is 0. The van der Waals surface area contributed by atoms with Crippen molar-refractivity contribution < 1.29 is 0 Å². The number of aryl methyl sites for hydroxylation is 1. The zero-order valence-corrected chi connectivity index (χ0v) is 11.0. The highest BCUT2D eigenvalue weighted by Gasteiger charge is 2.11. The van der Waals surface area contributed by atoms with Crippen LogP contribution < -0.4 is 0 Å². The number of benzene rings is 1. The Hall–Kier alpha value is -1.04. The summed E-state index contributed by atoms with van der Waals surface area (Å²) in [6, 6.07) is 8.91. The summed E-state index contributed by atoms with van der Waals surface area (Å²) in [6.07, 6.45) is 13.0. The standard InChI is InChI=1S/C17H24/c1-2-3-4-5-6-9-15-12-13-16-10-7-8-11-17(16)14-15/h7-11H,2-6,12-14H2,1H3/b15-9-. The van der Waals surface area contributed by atoms with Gasteiger partial charge < -0.3 is 0 Å². The van der Waals surface area contributed by atoms with Crippen LogP contribution in [0.1, 0.15) is 56.6 Å². The minimum Gasteiger partial charge on any atom is -0.0850 e. The monoisotopic (exact) mass is 228 g/mol. The van der Waals surface area contributed by atoms with Crippen LogP contribution in [0, 0.1) is 0 Å². The number of unbranched alkanes of at least 4 members (excludes halogenated alkanes) is 4. The molecule has 0 spiro atoms. The molecule has 0 saturated carbocycles. The maximum atomic E-state index is 2.51. The third-order valence-electron chi connectivity index (χ3n) is 3.74. The summed E-state index contributed by atoms with van der Waals surface area (Å²) < 4.78 is 0. The van der Waals surface area contributed by atoms with E-state index in [1.165, 1.54) is 51.4 Å². The van der Waals surface area contributed by atoms with E-state index in [2.05, 4.69) is 37.3 Å². The number of rotatable bonds is 5. The van der Waals surface area contributed by atoms with Crippen molar-refractivity contribution in [1.29, 1.82) is 0 Å². The fraction of sp³-hybridized carbons (Fsp3) is 0.529. The highest BCUT2D eigenvalue weighted by atomic mass is 14.2. The van der Waals surface area contributed by atoms with Crippen LogP contribution in [0.4, 0.5) is 0 Å². The molecule has 0 nitrogen and oxygen atoms in total. The number of fused-ring (bicyclic) bond motifs is 1. The molecular weight excluding hydrogens is 204 g/mol. The summed E-state index contributed by atoms with van der Waals surface area (Å²) in [5.74, 6) is 0. The molecule has 17 heavy (non-hydrogen) atoms. The Balaban J connectivity index is 1.83. The van der Waals surface area contributed by atoms with Gasteiger partial charge in [0, 0.05) is 0 Å². The molecule has 0 heteroatoms. The number of hydrogen-bond acceptors (Lipinski definition) is 0. The van der Waals surface area contributed by atoms with Gasteiger partial charge in [0.2, 0.25) is 0 Å². The largest absolute Gasteiger partial charge is 0.0850 e. The molecule has 0 heterocycles. The zero-order valence-electron chi connectivity index (χ0n) is 11.0. The Labute approximate surface area is 106 Å². The van der Waals surface area contributed by atoms with Crippen molar-refractivity contribution in [1.82, 2.24) is 0 Å². The van der Waals surface area contributed by atoms with Crippen LogP contribution in [0.3, 0.4) is 0 Å². The van der Waals surface area contributed by atoms with Gasteiger partial charge in [-0.1, -0.05) is 62.1 Å².